The minimum atomic E-state index is -0.604. The van der Waals surface area contributed by atoms with Gasteiger partial charge < -0.3 is 15.4 Å². The molecule has 0 spiro atoms. The first-order chi connectivity index (χ1) is 7.13. The fraction of sp³-hybridized carbons (Fsp3) is 0.571. The summed E-state index contributed by atoms with van der Waals surface area (Å²) in [6, 6.07) is -1.26. The minimum Gasteiger partial charge on any atom is -0.468 e. The molecule has 0 saturated carbocycles. The molecule has 0 bridgehead atoms. The van der Waals surface area contributed by atoms with Gasteiger partial charge in [0.05, 0.1) is 7.11 Å². The lowest BCUT2D eigenvalue weighted by molar-refractivity contribution is 0.242. The van der Waals surface area contributed by atoms with Crippen molar-refractivity contribution in [2.45, 2.75) is 0 Å². The Kier molecular flexibility index (Phi) is 7.33. The van der Waals surface area contributed by atoms with E-state index in [4.69, 9.17) is 0 Å². The van der Waals surface area contributed by atoms with E-state index >= 15 is 0 Å². The van der Waals surface area contributed by atoms with Crippen LogP contribution < -0.4 is 16.0 Å². The summed E-state index contributed by atoms with van der Waals surface area (Å²) in [4.78, 5) is 25.3. The summed E-state index contributed by atoms with van der Waals surface area (Å²) in [5.74, 6) is 0. The zero-order valence-corrected chi connectivity index (χ0v) is 10.1. The van der Waals surface area contributed by atoms with Gasteiger partial charge in [0.15, 0.2) is 0 Å². The molecular formula is C7H13BrN4O3. The lowest BCUT2D eigenvalue weighted by atomic mass is 10.7. The standard InChI is InChI=1S/C7H13BrN4O3/c1-9-5(13)11-7(15-2)12-6(14)10-4-3-8/h3-4H2,1-2H3,(H3,9,10,11,12,13,14). The Labute approximate surface area is 95.8 Å². The third-order valence-corrected chi connectivity index (χ3v) is 1.61. The smallest absolute Gasteiger partial charge is 0.345 e. The summed E-state index contributed by atoms with van der Waals surface area (Å²) in [7, 11) is 2.72. The summed E-state index contributed by atoms with van der Waals surface area (Å²) >= 11 is 3.14. The number of ether oxygens (including phenoxy) is 1. The highest BCUT2D eigenvalue weighted by Gasteiger charge is 2.06. The first-order valence-electron chi connectivity index (χ1n) is 4.09. The summed E-state index contributed by atoms with van der Waals surface area (Å²) < 4.78 is 4.68. The zero-order valence-electron chi connectivity index (χ0n) is 8.46. The van der Waals surface area contributed by atoms with Crippen LogP contribution in [0.2, 0.25) is 0 Å². The molecule has 0 aliphatic carbocycles. The molecule has 0 fully saturated rings. The van der Waals surface area contributed by atoms with E-state index in [-0.39, 0.29) is 6.02 Å². The van der Waals surface area contributed by atoms with Crippen molar-refractivity contribution in [1.29, 1.82) is 0 Å². The average molecular weight is 281 g/mol. The summed E-state index contributed by atoms with van der Waals surface area (Å²) in [5.41, 5.74) is 0. The Bertz CT molecular complexity index is 257. The van der Waals surface area contributed by atoms with E-state index in [1.54, 1.807) is 0 Å². The number of carbonyl (C=O) groups excluding carboxylic acids is 2. The number of urea groups is 2. The molecule has 7 nitrogen and oxygen atoms in total. The van der Waals surface area contributed by atoms with Crippen molar-refractivity contribution >= 4 is 34.0 Å². The minimum absolute atomic E-state index is 0.165. The quantitative estimate of drug-likeness (QED) is 0.378. The van der Waals surface area contributed by atoms with Crippen LogP contribution in [0.25, 0.3) is 0 Å². The number of nitrogens with one attached hydrogen (secondary N) is 3. The van der Waals surface area contributed by atoms with E-state index < -0.39 is 12.1 Å². The van der Waals surface area contributed by atoms with Gasteiger partial charge in [-0.1, -0.05) is 15.9 Å². The molecule has 86 valence electrons. The van der Waals surface area contributed by atoms with Gasteiger partial charge in [0.25, 0.3) is 0 Å². The topological polar surface area (TPSA) is 91.8 Å². The molecule has 0 heterocycles. The number of amides is 4. The van der Waals surface area contributed by atoms with Crippen molar-refractivity contribution in [2.24, 2.45) is 4.99 Å². The molecule has 0 atom stereocenters. The number of carbonyl (C=O) groups is 2. The highest BCUT2D eigenvalue weighted by Crippen LogP contribution is 1.80. The molecule has 0 aromatic carbocycles. The SMILES string of the molecule is CNC(=O)N=C(NC(=O)NCCBr)OC. The molecule has 0 radical (unpaired) electrons. The van der Waals surface area contributed by atoms with Crippen molar-refractivity contribution < 1.29 is 14.3 Å². The molecule has 0 aromatic heterocycles. The predicted molar refractivity (Wildman–Crippen MR) is 59.2 cm³/mol. The molecule has 4 amide bonds. The molecule has 8 heteroatoms. The predicted octanol–water partition coefficient (Wildman–Crippen LogP) is 0.0223. The number of methoxy groups -OCH3 is 1. The van der Waals surface area contributed by atoms with Crippen LogP contribution in [0.15, 0.2) is 4.99 Å². The van der Waals surface area contributed by atoms with Crippen molar-refractivity contribution in [3.8, 4) is 0 Å². The molecule has 0 aliphatic rings. The van der Waals surface area contributed by atoms with Crippen molar-refractivity contribution in [2.75, 3.05) is 26.0 Å². The molecular weight excluding hydrogens is 268 g/mol. The summed E-state index contributed by atoms with van der Waals surface area (Å²) in [5, 5.41) is 7.66. The highest BCUT2D eigenvalue weighted by atomic mass is 79.9. The Morgan fingerprint density at radius 3 is 2.60 bits per heavy atom. The molecule has 15 heavy (non-hydrogen) atoms. The van der Waals surface area contributed by atoms with Crippen LogP contribution in [0.5, 0.6) is 0 Å². The maximum absolute atomic E-state index is 11.1. The lowest BCUT2D eigenvalue weighted by Gasteiger charge is -2.07. The van der Waals surface area contributed by atoms with E-state index in [1.807, 2.05) is 0 Å². The van der Waals surface area contributed by atoms with Gasteiger partial charge in [-0.05, 0) is 0 Å². The van der Waals surface area contributed by atoms with Gasteiger partial charge in [-0.15, -0.1) is 4.99 Å². The number of alkyl halides is 1. The maximum atomic E-state index is 11.1. The zero-order chi connectivity index (χ0) is 11.7. The van der Waals surface area contributed by atoms with Gasteiger partial charge >= 0.3 is 18.1 Å². The molecule has 0 saturated heterocycles. The fourth-order valence-corrected chi connectivity index (χ4v) is 0.773. The first kappa shape index (κ1) is 13.7. The maximum Gasteiger partial charge on any atom is 0.345 e. The normalized spacial score (nSPS) is 10.5. The van der Waals surface area contributed by atoms with Gasteiger partial charge in [0.2, 0.25) is 0 Å². The van der Waals surface area contributed by atoms with Gasteiger partial charge in [-0.3, -0.25) is 5.32 Å². The monoisotopic (exact) mass is 280 g/mol. The van der Waals surface area contributed by atoms with Crippen LogP contribution in [-0.4, -0.2) is 44.1 Å². The van der Waals surface area contributed by atoms with Gasteiger partial charge in [0, 0.05) is 18.9 Å². The van der Waals surface area contributed by atoms with Gasteiger partial charge in [0.1, 0.15) is 0 Å². The summed E-state index contributed by atoms with van der Waals surface area (Å²) in [6.07, 6.45) is 0. The number of rotatable bonds is 2. The number of nitrogens with zero attached hydrogens (tertiary/aromatic N) is 1. The first-order valence-corrected chi connectivity index (χ1v) is 5.21. The number of aliphatic imine (C=N–C) groups is 1. The van der Waals surface area contributed by atoms with E-state index in [2.05, 4.69) is 41.6 Å². The molecule has 0 rings (SSSR count). The summed E-state index contributed by atoms with van der Waals surface area (Å²) in [6.45, 7) is 0.461. The van der Waals surface area contributed by atoms with E-state index in [9.17, 15) is 9.59 Å². The second kappa shape index (κ2) is 8.04. The van der Waals surface area contributed by atoms with Crippen molar-refractivity contribution in [1.82, 2.24) is 16.0 Å². The van der Waals surface area contributed by atoms with Crippen molar-refractivity contribution in [3.63, 3.8) is 0 Å². The number of amidine groups is 1. The van der Waals surface area contributed by atoms with E-state index in [0.29, 0.717) is 11.9 Å². The van der Waals surface area contributed by atoms with Crippen LogP contribution >= 0.6 is 15.9 Å². The van der Waals surface area contributed by atoms with Gasteiger partial charge in [-0.2, -0.15) is 0 Å². The number of hydrogen-bond acceptors (Lipinski definition) is 3. The van der Waals surface area contributed by atoms with Gasteiger partial charge in [-0.25, -0.2) is 9.59 Å². The third kappa shape index (κ3) is 6.72. The van der Waals surface area contributed by atoms with Crippen LogP contribution in [0.3, 0.4) is 0 Å². The van der Waals surface area contributed by atoms with E-state index in [0.717, 1.165) is 0 Å². The Morgan fingerprint density at radius 2 is 2.13 bits per heavy atom. The largest absolute Gasteiger partial charge is 0.468 e. The lowest BCUT2D eigenvalue weighted by Crippen LogP contribution is -2.41. The van der Waals surface area contributed by atoms with Crippen LogP contribution in [0.1, 0.15) is 0 Å². The van der Waals surface area contributed by atoms with Crippen LogP contribution in [-0.2, 0) is 4.74 Å². The molecule has 0 aliphatic heterocycles. The number of halogens is 1. The molecule has 0 aromatic rings. The third-order valence-electron chi connectivity index (χ3n) is 1.21. The Morgan fingerprint density at radius 1 is 1.47 bits per heavy atom. The van der Waals surface area contributed by atoms with Crippen LogP contribution in [0, 0.1) is 0 Å². The molecule has 3 N–H and O–H groups in total. The van der Waals surface area contributed by atoms with Crippen LogP contribution in [0.4, 0.5) is 9.59 Å². The Balaban J connectivity index is 4.14. The molecule has 0 unspecified atom stereocenters. The average Bonchev–Trinajstić information content (AvgIpc) is 2.25. The Hall–Kier alpha value is -1.31. The second-order valence-corrected chi connectivity index (χ2v) is 3.04. The number of hydrogen-bond donors (Lipinski definition) is 3. The van der Waals surface area contributed by atoms with E-state index in [1.165, 1.54) is 14.2 Å². The fourth-order valence-electron chi connectivity index (χ4n) is 0.575. The van der Waals surface area contributed by atoms with Crippen molar-refractivity contribution in [3.05, 3.63) is 0 Å². The second-order valence-electron chi connectivity index (χ2n) is 2.25. The highest BCUT2D eigenvalue weighted by molar-refractivity contribution is 9.09.